The van der Waals surface area contributed by atoms with Gasteiger partial charge in [-0.1, -0.05) is 18.2 Å². The van der Waals surface area contributed by atoms with Crippen molar-refractivity contribution in [1.29, 1.82) is 0 Å². The second kappa shape index (κ2) is 4.65. The average molecular weight is 229 g/mol. The van der Waals surface area contributed by atoms with E-state index in [1.165, 1.54) is 6.20 Å². The molecule has 0 aliphatic heterocycles. The molecule has 1 N–H and O–H groups in total. The first-order chi connectivity index (χ1) is 8.16. The molecule has 0 fully saturated rings. The van der Waals surface area contributed by atoms with Gasteiger partial charge in [-0.25, -0.2) is 4.79 Å². The van der Waals surface area contributed by atoms with Gasteiger partial charge in [0.2, 0.25) is 0 Å². The Bertz CT molecular complexity index is 538. The van der Waals surface area contributed by atoms with E-state index in [2.05, 4.69) is 4.98 Å². The number of carboxylic acids is 1. The van der Waals surface area contributed by atoms with Crippen LogP contribution in [0.4, 0.5) is 0 Å². The number of aromatic nitrogens is 1. The Morgan fingerprint density at radius 1 is 1.29 bits per heavy atom. The van der Waals surface area contributed by atoms with Crippen molar-refractivity contribution in [2.45, 2.75) is 6.92 Å². The summed E-state index contributed by atoms with van der Waals surface area (Å²) in [5, 5.41) is 9.01. The van der Waals surface area contributed by atoms with Gasteiger partial charge in [0.05, 0.1) is 0 Å². The van der Waals surface area contributed by atoms with Crippen molar-refractivity contribution >= 4 is 5.97 Å². The van der Waals surface area contributed by atoms with Crippen LogP contribution < -0.4 is 4.74 Å². The molecular formula is C13H11NO3. The number of aromatic carboxylic acids is 1. The van der Waals surface area contributed by atoms with Crippen molar-refractivity contribution < 1.29 is 14.6 Å². The zero-order valence-corrected chi connectivity index (χ0v) is 9.25. The van der Waals surface area contributed by atoms with E-state index >= 15 is 0 Å². The maximum atomic E-state index is 11.0. The number of carboxylic acid groups (broad SMARTS) is 1. The maximum Gasteiger partial charge on any atom is 0.341 e. The van der Waals surface area contributed by atoms with Gasteiger partial charge < -0.3 is 9.84 Å². The normalized spacial score (nSPS) is 9.94. The number of para-hydroxylation sites is 1. The van der Waals surface area contributed by atoms with E-state index in [9.17, 15) is 4.79 Å². The highest BCUT2D eigenvalue weighted by molar-refractivity contribution is 5.90. The fraction of sp³-hybridized carbons (Fsp3) is 0.0769. The Labute approximate surface area is 98.5 Å². The number of hydrogen-bond acceptors (Lipinski definition) is 3. The summed E-state index contributed by atoms with van der Waals surface area (Å²) in [7, 11) is 0. The molecule has 86 valence electrons. The van der Waals surface area contributed by atoms with Crippen LogP contribution in [0.5, 0.6) is 11.5 Å². The number of rotatable bonds is 3. The summed E-state index contributed by atoms with van der Waals surface area (Å²) < 4.78 is 5.53. The molecule has 0 saturated carbocycles. The Balaban J connectivity index is 2.37. The number of pyridine rings is 1. The first-order valence-corrected chi connectivity index (χ1v) is 5.09. The van der Waals surface area contributed by atoms with E-state index < -0.39 is 5.97 Å². The number of ether oxygens (including phenoxy) is 1. The van der Waals surface area contributed by atoms with Crippen LogP contribution in [0, 0.1) is 6.92 Å². The minimum Gasteiger partial charge on any atom is -0.477 e. The lowest BCUT2D eigenvalue weighted by Gasteiger charge is -2.08. The summed E-state index contributed by atoms with van der Waals surface area (Å²) in [6.07, 6.45) is 1.30. The lowest BCUT2D eigenvalue weighted by molar-refractivity contribution is 0.0693. The average Bonchev–Trinajstić information content (AvgIpc) is 2.30. The molecule has 17 heavy (non-hydrogen) atoms. The Morgan fingerprint density at radius 2 is 2.00 bits per heavy atom. The molecule has 2 rings (SSSR count). The molecule has 1 aromatic heterocycles. The van der Waals surface area contributed by atoms with Crippen LogP contribution in [-0.2, 0) is 0 Å². The van der Waals surface area contributed by atoms with E-state index in [-0.39, 0.29) is 5.56 Å². The highest BCUT2D eigenvalue weighted by atomic mass is 16.5. The SMILES string of the molecule is Cc1cc(Oc2ccccc2)c(C(=O)O)cn1. The van der Waals surface area contributed by atoms with Gasteiger partial charge in [0.15, 0.2) is 0 Å². The number of benzene rings is 1. The first kappa shape index (κ1) is 11.1. The molecule has 2 aromatic rings. The lowest BCUT2D eigenvalue weighted by Crippen LogP contribution is -2.01. The maximum absolute atomic E-state index is 11.0. The van der Waals surface area contributed by atoms with Gasteiger partial charge in [-0.15, -0.1) is 0 Å². The van der Waals surface area contributed by atoms with Gasteiger partial charge in [0, 0.05) is 18.0 Å². The predicted molar refractivity (Wildman–Crippen MR) is 62.4 cm³/mol. The summed E-state index contributed by atoms with van der Waals surface area (Å²) in [6, 6.07) is 10.6. The van der Waals surface area contributed by atoms with Crippen molar-refractivity contribution in [3.8, 4) is 11.5 Å². The van der Waals surface area contributed by atoms with Crippen LogP contribution in [-0.4, -0.2) is 16.1 Å². The molecule has 1 aromatic carbocycles. The van der Waals surface area contributed by atoms with Crippen molar-refractivity contribution in [2.24, 2.45) is 0 Å². The quantitative estimate of drug-likeness (QED) is 0.879. The van der Waals surface area contributed by atoms with E-state index in [0.717, 1.165) is 0 Å². The molecule has 0 radical (unpaired) electrons. The molecule has 0 aliphatic rings. The Morgan fingerprint density at radius 3 is 2.65 bits per heavy atom. The van der Waals surface area contributed by atoms with E-state index in [0.29, 0.717) is 17.2 Å². The van der Waals surface area contributed by atoms with Crippen LogP contribution in [0.15, 0.2) is 42.6 Å². The molecule has 0 atom stereocenters. The van der Waals surface area contributed by atoms with Crippen LogP contribution in [0.3, 0.4) is 0 Å². The monoisotopic (exact) mass is 229 g/mol. The van der Waals surface area contributed by atoms with Gasteiger partial charge in [-0.3, -0.25) is 4.98 Å². The number of nitrogens with zero attached hydrogens (tertiary/aromatic N) is 1. The fourth-order valence-corrected chi connectivity index (χ4v) is 1.40. The molecule has 4 heteroatoms. The van der Waals surface area contributed by atoms with Crippen molar-refractivity contribution in [3.05, 3.63) is 53.9 Å². The minimum absolute atomic E-state index is 0.0550. The van der Waals surface area contributed by atoms with E-state index in [4.69, 9.17) is 9.84 Å². The zero-order valence-electron chi connectivity index (χ0n) is 9.25. The standard InChI is InChI=1S/C13H11NO3/c1-9-7-12(11(8-14-9)13(15)16)17-10-5-3-2-4-6-10/h2-8H,1H3,(H,15,16). The molecule has 0 amide bonds. The van der Waals surface area contributed by atoms with Crippen molar-refractivity contribution in [2.75, 3.05) is 0 Å². The van der Waals surface area contributed by atoms with Crippen molar-refractivity contribution in [1.82, 2.24) is 4.98 Å². The number of hydrogen-bond donors (Lipinski definition) is 1. The van der Waals surface area contributed by atoms with Gasteiger partial charge >= 0.3 is 5.97 Å². The lowest BCUT2D eigenvalue weighted by atomic mass is 10.2. The summed E-state index contributed by atoms with van der Waals surface area (Å²) in [6.45, 7) is 1.78. The number of aryl methyl sites for hydroxylation is 1. The predicted octanol–water partition coefficient (Wildman–Crippen LogP) is 2.88. The van der Waals surface area contributed by atoms with Crippen LogP contribution in [0.1, 0.15) is 16.1 Å². The number of carbonyl (C=O) groups is 1. The van der Waals surface area contributed by atoms with Gasteiger partial charge in [0.1, 0.15) is 17.1 Å². The van der Waals surface area contributed by atoms with E-state index in [1.807, 2.05) is 18.2 Å². The van der Waals surface area contributed by atoms with Gasteiger partial charge in [-0.05, 0) is 19.1 Å². The largest absolute Gasteiger partial charge is 0.477 e. The molecule has 0 unspecified atom stereocenters. The summed E-state index contributed by atoms with van der Waals surface area (Å²) in [4.78, 5) is 14.9. The van der Waals surface area contributed by atoms with E-state index in [1.54, 1.807) is 25.1 Å². The molecule has 0 saturated heterocycles. The third kappa shape index (κ3) is 2.60. The summed E-state index contributed by atoms with van der Waals surface area (Å²) in [5.74, 6) is -0.153. The van der Waals surface area contributed by atoms with Crippen LogP contribution >= 0.6 is 0 Å². The second-order valence-corrected chi connectivity index (χ2v) is 3.54. The molecule has 0 aliphatic carbocycles. The molecule has 4 nitrogen and oxygen atoms in total. The summed E-state index contributed by atoms with van der Waals surface area (Å²) >= 11 is 0. The topological polar surface area (TPSA) is 59.4 Å². The Hall–Kier alpha value is -2.36. The highest BCUT2D eigenvalue weighted by Crippen LogP contribution is 2.25. The smallest absolute Gasteiger partial charge is 0.341 e. The third-order valence-electron chi connectivity index (χ3n) is 2.20. The van der Waals surface area contributed by atoms with Gasteiger partial charge in [-0.2, -0.15) is 0 Å². The second-order valence-electron chi connectivity index (χ2n) is 3.54. The molecule has 0 spiro atoms. The van der Waals surface area contributed by atoms with Crippen LogP contribution in [0.2, 0.25) is 0 Å². The molecule has 1 heterocycles. The van der Waals surface area contributed by atoms with Gasteiger partial charge in [0.25, 0.3) is 0 Å². The summed E-state index contributed by atoms with van der Waals surface area (Å²) in [5.41, 5.74) is 0.764. The highest BCUT2D eigenvalue weighted by Gasteiger charge is 2.12. The first-order valence-electron chi connectivity index (χ1n) is 5.09. The minimum atomic E-state index is -1.05. The molecule has 0 bridgehead atoms. The molecular weight excluding hydrogens is 218 g/mol. The van der Waals surface area contributed by atoms with Crippen molar-refractivity contribution in [3.63, 3.8) is 0 Å². The fourth-order valence-electron chi connectivity index (χ4n) is 1.40. The zero-order chi connectivity index (χ0) is 12.3. The van der Waals surface area contributed by atoms with Crippen LogP contribution in [0.25, 0.3) is 0 Å². The third-order valence-corrected chi connectivity index (χ3v) is 2.20. The Kier molecular flexibility index (Phi) is 3.05.